The molecule has 0 saturated carbocycles. The van der Waals surface area contributed by atoms with Crippen LogP contribution in [0.2, 0.25) is 0 Å². The van der Waals surface area contributed by atoms with Crippen LogP contribution in [0.1, 0.15) is 28.8 Å². The van der Waals surface area contributed by atoms with E-state index < -0.39 is 5.97 Å². The highest BCUT2D eigenvalue weighted by Gasteiger charge is 2.20. The third-order valence-corrected chi connectivity index (χ3v) is 4.01. The fourth-order valence-corrected chi connectivity index (χ4v) is 2.83. The molecule has 0 unspecified atom stereocenters. The Morgan fingerprint density at radius 3 is 2.62 bits per heavy atom. The predicted octanol–water partition coefficient (Wildman–Crippen LogP) is 2.25. The number of carboxylic acids is 1. The van der Waals surface area contributed by atoms with Crippen molar-refractivity contribution in [3.05, 3.63) is 29.3 Å². The molecule has 21 heavy (non-hydrogen) atoms. The summed E-state index contributed by atoms with van der Waals surface area (Å²) in [5, 5.41) is 9.21. The summed E-state index contributed by atoms with van der Waals surface area (Å²) < 4.78 is 10.3. The van der Waals surface area contributed by atoms with Gasteiger partial charge in [-0.2, -0.15) is 0 Å². The Kier molecular flexibility index (Phi) is 5.59. The number of nitrogens with zero attached hydrogens (tertiary/aromatic N) is 1. The van der Waals surface area contributed by atoms with Gasteiger partial charge in [0.15, 0.2) is 0 Å². The SMILES string of the molecule is COCC1CCN(Cc2ccc(OC)c(C(=O)O)c2)CC1. The quantitative estimate of drug-likeness (QED) is 0.871. The minimum atomic E-state index is -0.951. The van der Waals surface area contributed by atoms with Crippen molar-refractivity contribution in [3.8, 4) is 5.75 Å². The summed E-state index contributed by atoms with van der Waals surface area (Å²) in [6, 6.07) is 5.38. The van der Waals surface area contributed by atoms with Crippen LogP contribution in [0.3, 0.4) is 0 Å². The molecule has 0 radical (unpaired) electrons. The molecule has 0 spiro atoms. The highest BCUT2D eigenvalue weighted by Crippen LogP contribution is 2.23. The molecule has 1 fully saturated rings. The average Bonchev–Trinajstić information content (AvgIpc) is 2.49. The molecule has 1 saturated heterocycles. The lowest BCUT2D eigenvalue weighted by molar-refractivity contribution is 0.0693. The maximum Gasteiger partial charge on any atom is 0.339 e. The molecule has 0 aliphatic carbocycles. The van der Waals surface area contributed by atoms with E-state index in [0.717, 1.165) is 44.6 Å². The number of methoxy groups -OCH3 is 2. The molecule has 1 aliphatic rings. The first-order valence-electron chi connectivity index (χ1n) is 7.25. The summed E-state index contributed by atoms with van der Waals surface area (Å²) >= 11 is 0. The predicted molar refractivity (Wildman–Crippen MR) is 79.8 cm³/mol. The zero-order valence-electron chi connectivity index (χ0n) is 12.7. The molecule has 0 atom stereocenters. The molecular weight excluding hydrogens is 270 g/mol. The Morgan fingerprint density at radius 1 is 1.33 bits per heavy atom. The van der Waals surface area contributed by atoms with Gasteiger partial charge in [-0.25, -0.2) is 4.79 Å². The number of hydrogen-bond acceptors (Lipinski definition) is 4. The Morgan fingerprint density at radius 2 is 2.05 bits per heavy atom. The Balaban J connectivity index is 1.97. The maximum atomic E-state index is 11.2. The standard InChI is InChI=1S/C16H23NO4/c1-20-11-12-5-7-17(8-6-12)10-13-3-4-15(21-2)14(9-13)16(18)19/h3-4,9,12H,5-8,10-11H2,1-2H3,(H,18,19). The number of piperidine rings is 1. The van der Waals surface area contributed by atoms with Gasteiger partial charge in [-0.05, 0) is 49.5 Å². The van der Waals surface area contributed by atoms with Gasteiger partial charge in [0.1, 0.15) is 11.3 Å². The van der Waals surface area contributed by atoms with Gasteiger partial charge < -0.3 is 14.6 Å². The molecule has 116 valence electrons. The van der Waals surface area contributed by atoms with Crippen LogP contribution in [0.25, 0.3) is 0 Å². The number of likely N-dealkylation sites (tertiary alicyclic amines) is 1. The van der Waals surface area contributed by atoms with Crippen molar-refractivity contribution >= 4 is 5.97 Å². The highest BCUT2D eigenvalue weighted by atomic mass is 16.5. The monoisotopic (exact) mass is 293 g/mol. The van der Waals surface area contributed by atoms with Crippen molar-refractivity contribution in [3.63, 3.8) is 0 Å². The normalized spacial score (nSPS) is 16.9. The molecule has 0 amide bonds. The van der Waals surface area contributed by atoms with E-state index in [-0.39, 0.29) is 5.56 Å². The lowest BCUT2D eigenvalue weighted by Gasteiger charge is -2.31. The molecule has 1 aliphatic heterocycles. The van der Waals surface area contributed by atoms with Crippen LogP contribution >= 0.6 is 0 Å². The van der Waals surface area contributed by atoms with E-state index in [1.165, 1.54) is 7.11 Å². The third-order valence-electron chi connectivity index (χ3n) is 4.01. The summed E-state index contributed by atoms with van der Waals surface area (Å²) in [5.41, 5.74) is 1.24. The number of aromatic carboxylic acids is 1. The van der Waals surface area contributed by atoms with Crippen LogP contribution in [0.5, 0.6) is 5.75 Å². The van der Waals surface area contributed by atoms with Crippen LogP contribution in [-0.2, 0) is 11.3 Å². The first kappa shape index (κ1) is 15.8. The molecule has 1 heterocycles. The second-order valence-corrected chi connectivity index (χ2v) is 5.51. The first-order chi connectivity index (χ1) is 10.1. The van der Waals surface area contributed by atoms with E-state index in [1.807, 2.05) is 6.07 Å². The van der Waals surface area contributed by atoms with Gasteiger partial charge in [-0.15, -0.1) is 0 Å². The van der Waals surface area contributed by atoms with Crippen molar-refractivity contribution in [1.82, 2.24) is 4.90 Å². The third kappa shape index (κ3) is 4.19. The van der Waals surface area contributed by atoms with Crippen molar-refractivity contribution in [2.45, 2.75) is 19.4 Å². The Bertz CT molecular complexity index is 481. The molecule has 5 heteroatoms. The zero-order chi connectivity index (χ0) is 15.2. The molecule has 1 aromatic rings. The Labute approximate surface area is 125 Å². The van der Waals surface area contributed by atoms with Crippen LogP contribution in [0.15, 0.2) is 18.2 Å². The van der Waals surface area contributed by atoms with Crippen molar-refractivity contribution in [2.75, 3.05) is 33.9 Å². The molecule has 1 aromatic carbocycles. The lowest BCUT2D eigenvalue weighted by Crippen LogP contribution is -2.34. The highest BCUT2D eigenvalue weighted by molar-refractivity contribution is 5.91. The molecule has 1 N–H and O–H groups in total. The topological polar surface area (TPSA) is 59.0 Å². The first-order valence-corrected chi connectivity index (χ1v) is 7.25. The van der Waals surface area contributed by atoms with E-state index in [4.69, 9.17) is 9.47 Å². The second kappa shape index (κ2) is 7.43. The number of carboxylic acid groups (broad SMARTS) is 1. The van der Waals surface area contributed by atoms with Gasteiger partial charge in [0.05, 0.1) is 7.11 Å². The van der Waals surface area contributed by atoms with Crippen LogP contribution in [-0.4, -0.2) is 49.9 Å². The molecule has 0 bridgehead atoms. The summed E-state index contributed by atoms with van der Waals surface area (Å²) in [6.07, 6.45) is 2.27. The maximum absolute atomic E-state index is 11.2. The molecular formula is C16H23NO4. The minimum Gasteiger partial charge on any atom is -0.496 e. The number of rotatable bonds is 6. The minimum absolute atomic E-state index is 0.226. The molecule has 2 rings (SSSR count). The van der Waals surface area contributed by atoms with Crippen molar-refractivity contribution in [1.29, 1.82) is 0 Å². The van der Waals surface area contributed by atoms with Crippen molar-refractivity contribution < 1.29 is 19.4 Å². The van der Waals surface area contributed by atoms with Gasteiger partial charge in [-0.3, -0.25) is 4.90 Å². The van der Waals surface area contributed by atoms with Gasteiger partial charge in [-0.1, -0.05) is 6.07 Å². The Hall–Kier alpha value is -1.59. The largest absolute Gasteiger partial charge is 0.496 e. The fraction of sp³-hybridized carbons (Fsp3) is 0.562. The lowest BCUT2D eigenvalue weighted by atomic mass is 9.97. The summed E-state index contributed by atoms with van der Waals surface area (Å²) in [5.74, 6) is 0.106. The van der Waals surface area contributed by atoms with Crippen LogP contribution in [0.4, 0.5) is 0 Å². The van der Waals surface area contributed by atoms with E-state index in [9.17, 15) is 9.90 Å². The molecule has 5 nitrogen and oxygen atoms in total. The fourth-order valence-electron chi connectivity index (χ4n) is 2.83. The van der Waals surface area contributed by atoms with E-state index in [0.29, 0.717) is 11.7 Å². The van der Waals surface area contributed by atoms with Gasteiger partial charge in [0.2, 0.25) is 0 Å². The number of ether oxygens (including phenoxy) is 2. The number of benzene rings is 1. The van der Waals surface area contributed by atoms with E-state index >= 15 is 0 Å². The van der Waals surface area contributed by atoms with Crippen molar-refractivity contribution in [2.24, 2.45) is 5.92 Å². The van der Waals surface area contributed by atoms with Crippen LogP contribution in [0, 0.1) is 5.92 Å². The second-order valence-electron chi connectivity index (χ2n) is 5.51. The smallest absolute Gasteiger partial charge is 0.339 e. The average molecular weight is 293 g/mol. The van der Waals surface area contributed by atoms with Gasteiger partial charge in [0, 0.05) is 20.3 Å². The summed E-state index contributed by atoms with van der Waals surface area (Å²) in [4.78, 5) is 13.6. The van der Waals surface area contributed by atoms with E-state index in [2.05, 4.69) is 4.90 Å². The number of carbonyl (C=O) groups is 1. The van der Waals surface area contributed by atoms with Gasteiger partial charge in [0.25, 0.3) is 0 Å². The summed E-state index contributed by atoms with van der Waals surface area (Å²) in [6.45, 7) is 3.68. The zero-order valence-corrected chi connectivity index (χ0v) is 12.7. The van der Waals surface area contributed by atoms with Gasteiger partial charge >= 0.3 is 5.97 Å². The van der Waals surface area contributed by atoms with Crippen LogP contribution < -0.4 is 4.74 Å². The number of hydrogen-bond donors (Lipinski definition) is 1. The summed E-state index contributed by atoms with van der Waals surface area (Å²) in [7, 11) is 3.24. The van der Waals surface area contributed by atoms with E-state index in [1.54, 1.807) is 19.2 Å². The molecule has 0 aromatic heterocycles.